The molecule has 3 heteroatoms. The van der Waals surface area contributed by atoms with Crippen molar-refractivity contribution in [2.75, 3.05) is 10.8 Å². The molecule has 1 aliphatic heterocycles. The van der Waals surface area contributed by atoms with E-state index >= 15 is 0 Å². The molecule has 0 saturated heterocycles. The van der Waals surface area contributed by atoms with Gasteiger partial charge >= 0.3 is 0 Å². The second-order valence-corrected chi connectivity index (χ2v) is 7.36. The van der Waals surface area contributed by atoms with Crippen molar-refractivity contribution in [3.63, 3.8) is 0 Å². The van der Waals surface area contributed by atoms with E-state index in [1.165, 1.54) is 5.56 Å². The molecule has 88 valence electrons. The minimum atomic E-state index is -0.952. The summed E-state index contributed by atoms with van der Waals surface area (Å²) in [5, 5.41) is 0. The Morgan fingerprint density at radius 1 is 1.25 bits per heavy atom. The Hall–Kier alpha value is -0.830. The van der Waals surface area contributed by atoms with E-state index < -0.39 is 11.0 Å². The van der Waals surface area contributed by atoms with Crippen LogP contribution >= 0.6 is 0 Å². The standard InChI is InChI=1S/C13H19NOS/c1-13(2,3)16(15)14-10-6-8-11-7-4-5-9-12(11)14/h4-5,7,9H,6,8,10H2,1-3H3. The number of anilines is 1. The predicted octanol–water partition coefficient (Wildman–Crippen LogP) is 2.90. The van der Waals surface area contributed by atoms with E-state index in [0.717, 1.165) is 25.1 Å². The van der Waals surface area contributed by atoms with Crippen LogP contribution in [0.4, 0.5) is 5.69 Å². The van der Waals surface area contributed by atoms with E-state index in [-0.39, 0.29) is 4.75 Å². The number of fused-ring (bicyclic) bond motifs is 1. The van der Waals surface area contributed by atoms with Crippen LogP contribution in [0.3, 0.4) is 0 Å². The lowest BCUT2D eigenvalue weighted by molar-refractivity contribution is 0.638. The average molecular weight is 237 g/mol. The topological polar surface area (TPSA) is 20.3 Å². The van der Waals surface area contributed by atoms with Crippen LogP contribution < -0.4 is 4.31 Å². The van der Waals surface area contributed by atoms with Crippen LogP contribution in [0.25, 0.3) is 0 Å². The van der Waals surface area contributed by atoms with Gasteiger partial charge in [0, 0.05) is 6.54 Å². The third kappa shape index (κ3) is 2.14. The molecule has 2 rings (SSSR count). The zero-order chi connectivity index (χ0) is 11.8. The van der Waals surface area contributed by atoms with Crippen LogP contribution in [0.15, 0.2) is 24.3 Å². The van der Waals surface area contributed by atoms with E-state index in [1.807, 2.05) is 26.8 Å². The molecule has 0 aromatic heterocycles. The summed E-state index contributed by atoms with van der Waals surface area (Å²) < 4.78 is 14.3. The van der Waals surface area contributed by atoms with Gasteiger partial charge < -0.3 is 0 Å². The van der Waals surface area contributed by atoms with Crippen LogP contribution in [0.1, 0.15) is 32.8 Å². The molecular weight excluding hydrogens is 218 g/mol. The summed E-state index contributed by atoms with van der Waals surface area (Å²) in [6.07, 6.45) is 2.20. The zero-order valence-electron chi connectivity index (χ0n) is 10.2. The first kappa shape index (κ1) is 11.6. The van der Waals surface area contributed by atoms with E-state index in [2.05, 4.69) is 22.5 Å². The summed E-state index contributed by atoms with van der Waals surface area (Å²) in [4.78, 5) is 0. The molecule has 1 heterocycles. The van der Waals surface area contributed by atoms with Gasteiger partial charge in [-0.2, -0.15) is 0 Å². The molecule has 1 atom stereocenters. The number of aryl methyl sites for hydroxylation is 1. The van der Waals surface area contributed by atoms with Gasteiger partial charge in [-0.15, -0.1) is 0 Å². The van der Waals surface area contributed by atoms with Gasteiger partial charge in [0.15, 0.2) is 0 Å². The monoisotopic (exact) mass is 237 g/mol. The van der Waals surface area contributed by atoms with Crippen molar-refractivity contribution in [3.05, 3.63) is 29.8 Å². The highest BCUT2D eigenvalue weighted by Crippen LogP contribution is 2.30. The molecule has 1 aromatic rings. The lowest BCUT2D eigenvalue weighted by Gasteiger charge is -2.34. The van der Waals surface area contributed by atoms with Gasteiger partial charge in [0.1, 0.15) is 11.0 Å². The van der Waals surface area contributed by atoms with Crippen molar-refractivity contribution in [2.24, 2.45) is 0 Å². The van der Waals surface area contributed by atoms with Crippen LogP contribution in [0.5, 0.6) is 0 Å². The van der Waals surface area contributed by atoms with Crippen LogP contribution in [-0.2, 0) is 17.4 Å². The maximum Gasteiger partial charge on any atom is 0.125 e. The van der Waals surface area contributed by atoms with Gasteiger partial charge in [0.25, 0.3) is 0 Å². The first-order valence-corrected chi connectivity index (χ1v) is 6.88. The second kappa shape index (κ2) is 4.21. The Bertz CT molecular complexity index is 409. The van der Waals surface area contributed by atoms with Crippen LogP contribution in [0.2, 0.25) is 0 Å². The van der Waals surface area contributed by atoms with Crippen molar-refractivity contribution < 1.29 is 4.21 Å². The molecule has 1 unspecified atom stereocenters. The second-order valence-electron chi connectivity index (χ2n) is 5.20. The summed E-state index contributed by atoms with van der Waals surface area (Å²) in [6.45, 7) is 6.99. The highest BCUT2D eigenvalue weighted by atomic mass is 32.2. The summed E-state index contributed by atoms with van der Waals surface area (Å²) in [5.41, 5.74) is 2.48. The zero-order valence-corrected chi connectivity index (χ0v) is 11.0. The van der Waals surface area contributed by atoms with Gasteiger partial charge in [-0.1, -0.05) is 18.2 Å². The van der Waals surface area contributed by atoms with Gasteiger partial charge in [-0.25, -0.2) is 4.21 Å². The van der Waals surface area contributed by atoms with Gasteiger partial charge in [-0.05, 0) is 45.2 Å². The van der Waals surface area contributed by atoms with E-state index in [4.69, 9.17) is 0 Å². The number of para-hydroxylation sites is 1. The van der Waals surface area contributed by atoms with E-state index in [1.54, 1.807) is 0 Å². The number of rotatable bonds is 1. The quantitative estimate of drug-likeness (QED) is 0.735. The minimum absolute atomic E-state index is 0.190. The molecule has 1 aliphatic rings. The number of hydrogen-bond donors (Lipinski definition) is 0. The summed E-state index contributed by atoms with van der Waals surface area (Å²) in [6, 6.07) is 8.30. The summed E-state index contributed by atoms with van der Waals surface area (Å²) in [7, 11) is -0.952. The Morgan fingerprint density at radius 2 is 1.94 bits per heavy atom. The smallest absolute Gasteiger partial charge is 0.125 e. The fourth-order valence-corrected chi connectivity index (χ4v) is 3.31. The number of nitrogens with zero attached hydrogens (tertiary/aromatic N) is 1. The van der Waals surface area contributed by atoms with Gasteiger partial charge in [0.05, 0.1) is 10.4 Å². The fourth-order valence-electron chi connectivity index (χ4n) is 2.00. The molecule has 0 bridgehead atoms. The Kier molecular flexibility index (Phi) is 3.06. The molecule has 0 saturated carbocycles. The maximum absolute atomic E-state index is 12.4. The highest BCUT2D eigenvalue weighted by Gasteiger charge is 2.29. The molecule has 0 amide bonds. The molecule has 0 N–H and O–H groups in total. The van der Waals surface area contributed by atoms with E-state index in [0.29, 0.717) is 0 Å². The largest absolute Gasteiger partial charge is 0.291 e. The lowest BCUT2D eigenvalue weighted by atomic mass is 10.0. The van der Waals surface area contributed by atoms with Gasteiger partial charge in [-0.3, -0.25) is 4.31 Å². The number of benzene rings is 1. The Labute approximate surface area is 100 Å². The fraction of sp³-hybridized carbons (Fsp3) is 0.538. The molecule has 0 fully saturated rings. The summed E-state index contributed by atoms with van der Waals surface area (Å²) in [5.74, 6) is 0. The van der Waals surface area contributed by atoms with Crippen LogP contribution in [0, 0.1) is 0 Å². The third-order valence-corrected chi connectivity index (χ3v) is 4.62. The normalized spacial score (nSPS) is 18.1. The van der Waals surface area contributed by atoms with Crippen molar-refractivity contribution in [2.45, 2.75) is 38.4 Å². The first-order valence-electron chi connectivity index (χ1n) is 5.77. The molecule has 0 radical (unpaired) electrons. The molecule has 0 spiro atoms. The van der Waals surface area contributed by atoms with Gasteiger partial charge in [0.2, 0.25) is 0 Å². The Balaban J connectivity index is 2.36. The molecule has 16 heavy (non-hydrogen) atoms. The first-order chi connectivity index (χ1) is 7.50. The third-order valence-electron chi connectivity index (χ3n) is 2.79. The highest BCUT2D eigenvalue weighted by molar-refractivity contribution is 7.87. The van der Waals surface area contributed by atoms with Crippen molar-refractivity contribution in [3.8, 4) is 0 Å². The SMILES string of the molecule is CC(C)(C)S(=O)N1CCCc2ccccc21. The average Bonchev–Trinajstić information content (AvgIpc) is 2.26. The summed E-state index contributed by atoms with van der Waals surface area (Å²) >= 11 is 0. The maximum atomic E-state index is 12.4. The number of hydrogen-bond acceptors (Lipinski definition) is 1. The van der Waals surface area contributed by atoms with Crippen LogP contribution in [-0.4, -0.2) is 15.5 Å². The predicted molar refractivity (Wildman–Crippen MR) is 70.0 cm³/mol. The molecular formula is C13H19NOS. The van der Waals surface area contributed by atoms with E-state index in [9.17, 15) is 4.21 Å². The lowest BCUT2D eigenvalue weighted by Crippen LogP contribution is -2.40. The molecule has 0 aliphatic carbocycles. The van der Waals surface area contributed by atoms with Crippen molar-refractivity contribution >= 4 is 16.7 Å². The molecule has 2 nitrogen and oxygen atoms in total. The molecule has 1 aromatic carbocycles. The van der Waals surface area contributed by atoms with Crippen molar-refractivity contribution in [1.82, 2.24) is 0 Å². The minimum Gasteiger partial charge on any atom is -0.291 e. The Morgan fingerprint density at radius 3 is 2.62 bits per heavy atom. The van der Waals surface area contributed by atoms with Crippen molar-refractivity contribution in [1.29, 1.82) is 0 Å².